The molecule has 18 heavy (non-hydrogen) atoms. The minimum Gasteiger partial charge on any atom is -0.492 e. The predicted molar refractivity (Wildman–Crippen MR) is 72.4 cm³/mol. The highest BCUT2D eigenvalue weighted by Crippen LogP contribution is 2.18. The third kappa shape index (κ3) is 3.57. The Morgan fingerprint density at radius 1 is 1.28 bits per heavy atom. The molecule has 1 aliphatic rings. The Morgan fingerprint density at radius 3 is 2.78 bits per heavy atom. The Bertz CT molecular complexity index is 397. The second-order valence-electron chi connectivity index (χ2n) is 4.91. The molecular weight excluding hydrogens is 226 g/mol. The second kappa shape index (κ2) is 6.55. The van der Waals surface area contributed by atoms with E-state index in [1.165, 1.54) is 32.4 Å². The van der Waals surface area contributed by atoms with Gasteiger partial charge >= 0.3 is 0 Å². The number of benzene rings is 1. The maximum Gasteiger partial charge on any atom is 0.153 e. The van der Waals surface area contributed by atoms with E-state index >= 15 is 0 Å². The molecule has 0 unspecified atom stereocenters. The van der Waals surface area contributed by atoms with Gasteiger partial charge in [-0.3, -0.25) is 9.69 Å². The van der Waals surface area contributed by atoms with Gasteiger partial charge in [-0.2, -0.15) is 0 Å². The number of hydrogen-bond acceptors (Lipinski definition) is 3. The highest BCUT2D eigenvalue weighted by atomic mass is 16.5. The van der Waals surface area contributed by atoms with Gasteiger partial charge in [0, 0.05) is 6.54 Å². The first kappa shape index (κ1) is 13.1. The quantitative estimate of drug-likeness (QED) is 0.749. The average Bonchev–Trinajstić information content (AvgIpc) is 2.41. The van der Waals surface area contributed by atoms with Gasteiger partial charge in [-0.1, -0.05) is 18.1 Å². The van der Waals surface area contributed by atoms with Gasteiger partial charge in [-0.15, -0.1) is 0 Å². The molecule has 1 saturated heterocycles. The highest BCUT2D eigenvalue weighted by molar-refractivity contribution is 5.79. The van der Waals surface area contributed by atoms with Gasteiger partial charge in [0.1, 0.15) is 12.4 Å². The van der Waals surface area contributed by atoms with E-state index in [4.69, 9.17) is 4.74 Å². The van der Waals surface area contributed by atoms with E-state index in [0.29, 0.717) is 17.9 Å². The number of carbonyl (C=O) groups is 1. The summed E-state index contributed by atoms with van der Waals surface area (Å²) in [4.78, 5) is 13.4. The first-order valence-corrected chi connectivity index (χ1v) is 6.70. The summed E-state index contributed by atoms with van der Waals surface area (Å²) < 4.78 is 5.71. The van der Waals surface area contributed by atoms with Crippen LogP contribution in [0.2, 0.25) is 0 Å². The van der Waals surface area contributed by atoms with Crippen molar-refractivity contribution in [2.45, 2.75) is 26.2 Å². The number of hydrogen-bond donors (Lipinski definition) is 0. The maximum absolute atomic E-state index is 11.0. The molecule has 98 valence electrons. The summed E-state index contributed by atoms with van der Waals surface area (Å²) in [6.45, 7) is 5.94. The van der Waals surface area contributed by atoms with E-state index in [1.54, 1.807) is 0 Å². The van der Waals surface area contributed by atoms with E-state index in [0.717, 1.165) is 18.4 Å². The second-order valence-corrected chi connectivity index (χ2v) is 4.91. The van der Waals surface area contributed by atoms with E-state index in [2.05, 4.69) is 4.90 Å². The molecule has 0 spiro atoms. The molecule has 1 heterocycles. The van der Waals surface area contributed by atoms with E-state index in [1.807, 2.05) is 25.1 Å². The Hall–Kier alpha value is -1.35. The van der Waals surface area contributed by atoms with Crippen LogP contribution < -0.4 is 4.74 Å². The molecule has 3 heteroatoms. The minimum atomic E-state index is 0.647. The standard InChI is InChI=1S/C15H21NO2/c1-13-5-6-15(14(11-13)12-17)18-10-9-16-7-3-2-4-8-16/h5-6,11-12H,2-4,7-10H2,1H3. The average molecular weight is 247 g/mol. The number of carbonyl (C=O) groups excluding carboxylic acids is 1. The third-order valence-corrected chi connectivity index (χ3v) is 3.41. The molecule has 0 saturated carbocycles. The number of ether oxygens (including phenoxy) is 1. The molecule has 3 nitrogen and oxygen atoms in total. The lowest BCUT2D eigenvalue weighted by atomic mass is 10.1. The number of likely N-dealkylation sites (tertiary alicyclic amines) is 1. The Morgan fingerprint density at radius 2 is 2.06 bits per heavy atom. The normalized spacial score (nSPS) is 16.5. The van der Waals surface area contributed by atoms with Crippen LogP contribution in [0.1, 0.15) is 35.2 Å². The van der Waals surface area contributed by atoms with Crippen LogP contribution in [-0.4, -0.2) is 37.4 Å². The summed E-state index contributed by atoms with van der Waals surface area (Å²) in [6, 6.07) is 5.72. The van der Waals surface area contributed by atoms with E-state index in [-0.39, 0.29) is 0 Å². The molecule has 0 aliphatic carbocycles. The molecule has 0 atom stereocenters. The van der Waals surface area contributed by atoms with Gasteiger partial charge < -0.3 is 4.74 Å². The van der Waals surface area contributed by atoms with Gasteiger partial charge in [0.15, 0.2) is 6.29 Å². The molecule has 0 aromatic heterocycles. The molecule has 0 radical (unpaired) electrons. The lowest BCUT2D eigenvalue weighted by Gasteiger charge is -2.26. The van der Waals surface area contributed by atoms with Crippen LogP contribution in [0.3, 0.4) is 0 Å². The number of piperidine rings is 1. The zero-order valence-corrected chi connectivity index (χ0v) is 11.0. The molecule has 0 amide bonds. The van der Waals surface area contributed by atoms with Crippen molar-refractivity contribution in [2.75, 3.05) is 26.2 Å². The van der Waals surface area contributed by atoms with Crippen LogP contribution in [-0.2, 0) is 0 Å². The molecule has 0 bridgehead atoms. The van der Waals surface area contributed by atoms with Gasteiger partial charge in [0.25, 0.3) is 0 Å². The Balaban J connectivity index is 1.84. The molecular formula is C15H21NO2. The summed E-state index contributed by atoms with van der Waals surface area (Å²) in [6.07, 6.45) is 4.81. The maximum atomic E-state index is 11.0. The monoisotopic (exact) mass is 247 g/mol. The minimum absolute atomic E-state index is 0.647. The zero-order valence-electron chi connectivity index (χ0n) is 11.0. The summed E-state index contributed by atoms with van der Waals surface area (Å²) in [5.41, 5.74) is 1.73. The van der Waals surface area contributed by atoms with Crippen LogP contribution in [0.5, 0.6) is 5.75 Å². The van der Waals surface area contributed by atoms with Crippen LogP contribution >= 0.6 is 0 Å². The number of aldehydes is 1. The fraction of sp³-hybridized carbons (Fsp3) is 0.533. The lowest BCUT2D eigenvalue weighted by Crippen LogP contribution is -2.33. The fourth-order valence-electron chi connectivity index (χ4n) is 2.36. The fourth-order valence-corrected chi connectivity index (χ4v) is 2.36. The van der Waals surface area contributed by atoms with Gasteiger partial charge in [0.2, 0.25) is 0 Å². The van der Waals surface area contributed by atoms with Crippen molar-refractivity contribution >= 4 is 6.29 Å². The zero-order chi connectivity index (χ0) is 12.8. The number of nitrogens with zero attached hydrogens (tertiary/aromatic N) is 1. The summed E-state index contributed by atoms with van der Waals surface area (Å²) in [7, 11) is 0. The van der Waals surface area contributed by atoms with E-state index in [9.17, 15) is 4.79 Å². The first-order chi connectivity index (χ1) is 8.79. The van der Waals surface area contributed by atoms with Crippen LogP contribution in [0.25, 0.3) is 0 Å². The number of aryl methyl sites for hydroxylation is 1. The van der Waals surface area contributed by atoms with Crippen molar-refractivity contribution in [1.82, 2.24) is 4.90 Å². The predicted octanol–water partition coefficient (Wildman–Crippen LogP) is 2.67. The molecule has 1 aliphatic heterocycles. The Labute approximate surface area is 109 Å². The lowest BCUT2D eigenvalue weighted by molar-refractivity contribution is 0.111. The summed E-state index contributed by atoms with van der Waals surface area (Å²) in [5.74, 6) is 0.701. The smallest absolute Gasteiger partial charge is 0.153 e. The molecule has 0 N–H and O–H groups in total. The molecule has 1 aromatic carbocycles. The molecule has 1 fully saturated rings. The van der Waals surface area contributed by atoms with Crippen molar-refractivity contribution in [1.29, 1.82) is 0 Å². The highest BCUT2D eigenvalue weighted by Gasteiger charge is 2.10. The van der Waals surface area contributed by atoms with Crippen LogP contribution in [0.15, 0.2) is 18.2 Å². The third-order valence-electron chi connectivity index (χ3n) is 3.41. The molecule has 1 aromatic rings. The van der Waals surface area contributed by atoms with Crippen molar-refractivity contribution < 1.29 is 9.53 Å². The van der Waals surface area contributed by atoms with Crippen molar-refractivity contribution in [2.24, 2.45) is 0 Å². The molecule has 2 rings (SSSR count). The van der Waals surface area contributed by atoms with Crippen molar-refractivity contribution in [3.05, 3.63) is 29.3 Å². The first-order valence-electron chi connectivity index (χ1n) is 6.70. The van der Waals surface area contributed by atoms with Crippen molar-refractivity contribution in [3.63, 3.8) is 0 Å². The topological polar surface area (TPSA) is 29.5 Å². The van der Waals surface area contributed by atoms with Crippen LogP contribution in [0, 0.1) is 6.92 Å². The van der Waals surface area contributed by atoms with E-state index < -0.39 is 0 Å². The summed E-state index contributed by atoms with van der Waals surface area (Å²) in [5, 5.41) is 0. The van der Waals surface area contributed by atoms with Gasteiger partial charge in [-0.25, -0.2) is 0 Å². The number of rotatable bonds is 5. The van der Waals surface area contributed by atoms with Gasteiger partial charge in [0.05, 0.1) is 5.56 Å². The van der Waals surface area contributed by atoms with Crippen molar-refractivity contribution in [3.8, 4) is 5.75 Å². The van der Waals surface area contributed by atoms with Gasteiger partial charge in [-0.05, 0) is 45.0 Å². The SMILES string of the molecule is Cc1ccc(OCCN2CCCCC2)c(C=O)c1. The van der Waals surface area contributed by atoms with Crippen LogP contribution in [0.4, 0.5) is 0 Å². The Kier molecular flexibility index (Phi) is 4.76. The largest absolute Gasteiger partial charge is 0.492 e. The summed E-state index contributed by atoms with van der Waals surface area (Å²) >= 11 is 0.